The van der Waals surface area contributed by atoms with Crippen LogP contribution in [0.5, 0.6) is 11.5 Å². The van der Waals surface area contributed by atoms with Gasteiger partial charge < -0.3 is 14.8 Å². The summed E-state index contributed by atoms with van der Waals surface area (Å²) in [5.74, 6) is 1.33. The SMILES string of the molecule is CCCCc1ccc(CC2S/C(=N/N=Cc3ccc(OCCC)c(OC)c3)NC2=O)cc1. The molecule has 0 saturated carbocycles. The molecule has 0 spiro atoms. The zero-order valence-electron chi connectivity index (χ0n) is 19.0. The van der Waals surface area contributed by atoms with E-state index in [4.69, 9.17) is 9.47 Å². The molecule has 0 radical (unpaired) electrons. The van der Waals surface area contributed by atoms with Gasteiger partial charge in [-0.15, -0.1) is 5.10 Å². The lowest BCUT2D eigenvalue weighted by molar-refractivity contribution is -0.118. The number of rotatable bonds is 11. The molecule has 0 bridgehead atoms. The van der Waals surface area contributed by atoms with Gasteiger partial charge in [-0.1, -0.05) is 56.3 Å². The minimum absolute atomic E-state index is 0.0295. The highest BCUT2D eigenvalue weighted by molar-refractivity contribution is 8.15. The monoisotopic (exact) mass is 453 g/mol. The van der Waals surface area contributed by atoms with Crippen LogP contribution in [0.25, 0.3) is 0 Å². The molecule has 1 N–H and O–H groups in total. The molecule has 3 rings (SSSR count). The van der Waals surface area contributed by atoms with Crippen LogP contribution in [0, 0.1) is 0 Å². The van der Waals surface area contributed by atoms with Crippen LogP contribution in [-0.4, -0.2) is 36.3 Å². The summed E-state index contributed by atoms with van der Waals surface area (Å²) in [7, 11) is 1.61. The van der Waals surface area contributed by atoms with Crippen LogP contribution in [0.1, 0.15) is 49.8 Å². The maximum Gasteiger partial charge on any atom is 0.239 e. The lowest BCUT2D eigenvalue weighted by Gasteiger charge is -2.10. The maximum absolute atomic E-state index is 12.3. The van der Waals surface area contributed by atoms with Gasteiger partial charge in [-0.05, 0) is 60.6 Å². The molecule has 170 valence electrons. The van der Waals surface area contributed by atoms with Gasteiger partial charge in [0.2, 0.25) is 5.91 Å². The van der Waals surface area contributed by atoms with E-state index in [1.54, 1.807) is 13.3 Å². The lowest BCUT2D eigenvalue weighted by atomic mass is 10.0. The van der Waals surface area contributed by atoms with Crippen molar-refractivity contribution >= 4 is 29.1 Å². The molecule has 1 aliphatic rings. The number of hydrogen-bond donors (Lipinski definition) is 1. The zero-order chi connectivity index (χ0) is 22.8. The average Bonchev–Trinajstić information content (AvgIpc) is 3.16. The molecular weight excluding hydrogens is 422 g/mol. The first-order valence-electron chi connectivity index (χ1n) is 11.1. The number of thioether (sulfide) groups is 1. The first kappa shape index (κ1) is 23.9. The third-order valence-electron chi connectivity index (χ3n) is 5.04. The van der Waals surface area contributed by atoms with E-state index in [1.165, 1.54) is 30.2 Å². The van der Waals surface area contributed by atoms with Crippen LogP contribution in [-0.2, 0) is 17.6 Å². The maximum atomic E-state index is 12.3. The lowest BCUT2D eigenvalue weighted by Crippen LogP contribution is -2.25. The highest BCUT2D eigenvalue weighted by Crippen LogP contribution is 2.28. The Morgan fingerprint density at radius 3 is 2.56 bits per heavy atom. The normalized spacial score (nSPS) is 17.2. The van der Waals surface area contributed by atoms with E-state index in [1.807, 2.05) is 18.2 Å². The van der Waals surface area contributed by atoms with Crippen molar-refractivity contribution in [3.8, 4) is 11.5 Å². The molecule has 1 fully saturated rings. The zero-order valence-corrected chi connectivity index (χ0v) is 19.8. The van der Waals surface area contributed by atoms with Gasteiger partial charge in [-0.2, -0.15) is 5.10 Å². The van der Waals surface area contributed by atoms with Gasteiger partial charge in [0.25, 0.3) is 0 Å². The summed E-state index contributed by atoms with van der Waals surface area (Å²) in [6, 6.07) is 14.2. The highest BCUT2D eigenvalue weighted by atomic mass is 32.2. The molecule has 1 heterocycles. The van der Waals surface area contributed by atoms with Gasteiger partial charge in [0, 0.05) is 0 Å². The number of amides is 1. The van der Waals surface area contributed by atoms with Crippen LogP contribution >= 0.6 is 11.8 Å². The first-order chi connectivity index (χ1) is 15.6. The largest absolute Gasteiger partial charge is 0.493 e. The summed E-state index contributed by atoms with van der Waals surface area (Å²) in [6.45, 7) is 4.89. The van der Waals surface area contributed by atoms with E-state index in [0.29, 0.717) is 29.7 Å². The fraction of sp³-hybridized carbons (Fsp3) is 0.400. The van der Waals surface area contributed by atoms with E-state index in [9.17, 15) is 4.79 Å². The molecule has 1 aliphatic heterocycles. The van der Waals surface area contributed by atoms with Crippen LogP contribution in [0.2, 0.25) is 0 Å². The van der Waals surface area contributed by atoms with Crippen molar-refractivity contribution in [1.29, 1.82) is 0 Å². The topological polar surface area (TPSA) is 72.3 Å². The van der Waals surface area contributed by atoms with Crippen molar-refractivity contribution in [2.24, 2.45) is 10.2 Å². The molecule has 2 aromatic carbocycles. The Hall–Kier alpha value is -2.80. The number of methoxy groups -OCH3 is 1. The van der Waals surface area contributed by atoms with Crippen molar-refractivity contribution in [2.75, 3.05) is 13.7 Å². The standard InChI is InChI=1S/C25H31N3O3S/c1-4-6-7-18-8-10-19(11-9-18)16-23-24(29)27-25(32-23)28-26-17-20-12-13-21(31-14-5-2)22(15-20)30-3/h8-13,15,17,23H,4-7,14,16H2,1-3H3,(H,27,28,29). The number of nitrogens with zero attached hydrogens (tertiary/aromatic N) is 2. The summed E-state index contributed by atoms with van der Waals surface area (Å²) in [6.07, 6.45) is 6.72. The predicted molar refractivity (Wildman–Crippen MR) is 132 cm³/mol. The minimum atomic E-state index is -0.194. The van der Waals surface area contributed by atoms with Gasteiger partial charge in [-0.3, -0.25) is 4.79 Å². The van der Waals surface area contributed by atoms with Crippen molar-refractivity contribution in [3.05, 3.63) is 59.2 Å². The van der Waals surface area contributed by atoms with E-state index >= 15 is 0 Å². The van der Waals surface area contributed by atoms with Crippen molar-refractivity contribution < 1.29 is 14.3 Å². The minimum Gasteiger partial charge on any atom is -0.493 e. The molecule has 6 nitrogen and oxygen atoms in total. The van der Waals surface area contributed by atoms with E-state index < -0.39 is 0 Å². The van der Waals surface area contributed by atoms with Crippen LogP contribution in [0.4, 0.5) is 0 Å². The molecule has 2 aromatic rings. The molecule has 0 aliphatic carbocycles. The first-order valence-corrected chi connectivity index (χ1v) is 12.0. The second-order valence-electron chi connectivity index (χ2n) is 7.63. The molecule has 32 heavy (non-hydrogen) atoms. The number of ether oxygens (including phenoxy) is 2. The number of nitrogens with one attached hydrogen (secondary N) is 1. The molecule has 1 unspecified atom stereocenters. The number of carbonyl (C=O) groups is 1. The second kappa shape index (κ2) is 12.3. The van der Waals surface area contributed by atoms with Crippen LogP contribution < -0.4 is 14.8 Å². The van der Waals surface area contributed by atoms with Crippen LogP contribution in [0.15, 0.2) is 52.7 Å². The molecule has 1 atom stereocenters. The second-order valence-corrected chi connectivity index (χ2v) is 8.82. The fourth-order valence-corrected chi connectivity index (χ4v) is 4.23. The van der Waals surface area contributed by atoms with E-state index in [-0.39, 0.29) is 11.2 Å². The average molecular weight is 454 g/mol. The Balaban J connectivity index is 1.57. The fourth-order valence-electron chi connectivity index (χ4n) is 3.27. The van der Waals surface area contributed by atoms with Crippen molar-refractivity contribution in [3.63, 3.8) is 0 Å². The van der Waals surface area contributed by atoms with Gasteiger partial charge in [0.1, 0.15) is 0 Å². The van der Waals surface area contributed by atoms with Gasteiger partial charge in [0.05, 0.1) is 25.2 Å². The van der Waals surface area contributed by atoms with Gasteiger partial charge in [-0.25, -0.2) is 0 Å². The smallest absolute Gasteiger partial charge is 0.239 e. The molecule has 0 aromatic heterocycles. The van der Waals surface area contributed by atoms with E-state index in [0.717, 1.165) is 24.0 Å². The van der Waals surface area contributed by atoms with Crippen LogP contribution in [0.3, 0.4) is 0 Å². The molecule has 1 saturated heterocycles. The number of hydrogen-bond acceptors (Lipinski definition) is 6. The Labute approximate surface area is 194 Å². The van der Waals surface area contributed by atoms with E-state index in [2.05, 4.69) is 53.6 Å². The Bertz CT molecular complexity index is 957. The number of carbonyl (C=O) groups excluding carboxylic acids is 1. The summed E-state index contributed by atoms with van der Waals surface area (Å²) < 4.78 is 11.1. The van der Waals surface area contributed by atoms with Gasteiger partial charge in [0.15, 0.2) is 16.7 Å². The quantitative estimate of drug-likeness (QED) is 0.384. The number of amidine groups is 1. The molecule has 7 heteroatoms. The van der Waals surface area contributed by atoms with Gasteiger partial charge >= 0.3 is 0 Å². The third-order valence-corrected chi connectivity index (χ3v) is 6.12. The summed E-state index contributed by atoms with van der Waals surface area (Å²) >= 11 is 1.42. The Morgan fingerprint density at radius 1 is 1.06 bits per heavy atom. The predicted octanol–water partition coefficient (Wildman–Crippen LogP) is 4.99. The number of aryl methyl sites for hydroxylation is 1. The highest BCUT2D eigenvalue weighted by Gasteiger charge is 2.30. The van der Waals surface area contributed by atoms with Crippen molar-refractivity contribution in [1.82, 2.24) is 5.32 Å². The number of unbranched alkanes of at least 4 members (excludes halogenated alkanes) is 1. The number of benzene rings is 2. The van der Waals surface area contributed by atoms with Crippen molar-refractivity contribution in [2.45, 2.75) is 51.2 Å². The summed E-state index contributed by atoms with van der Waals surface area (Å²) in [4.78, 5) is 12.3. The molecule has 1 amide bonds. The summed E-state index contributed by atoms with van der Waals surface area (Å²) in [5.41, 5.74) is 3.33. The Kier molecular flexibility index (Phi) is 9.16. The Morgan fingerprint density at radius 2 is 1.84 bits per heavy atom. The third kappa shape index (κ3) is 6.85. The summed E-state index contributed by atoms with van der Waals surface area (Å²) in [5, 5.41) is 11.5. The molecular formula is C25H31N3O3S.